The summed E-state index contributed by atoms with van der Waals surface area (Å²) >= 11 is 0. The number of rotatable bonds is 4. The quantitative estimate of drug-likeness (QED) is 0.877. The molecule has 1 aromatic rings. The molecule has 2 amide bonds. The summed E-state index contributed by atoms with van der Waals surface area (Å²) in [5.74, 6) is 0.700. The summed E-state index contributed by atoms with van der Waals surface area (Å²) in [5.41, 5.74) is 0.189. The molecule has 0 saturated heterocycles. The van der Waals surface area contributed by atoms with Gasteiger partial charge in [-0.15, -0.1) is 0 Å². The van der Waals surface area contributed by atoms with Crippen LogP contribution in [0.2, 0.25) is 0 Å². The predicted octanol–water partition coefficient (Wildman–Crippen LogP) is 2.43. The Morgan fingerprint density at radius 2 is 1.74 bits per heavy atom. The first-order valence-corrected chi connectivity index (χ1v) is 6.05. The highest BCUT2D eigenvalue weighted by Gasteiger charge is 2.21. The standard InChI is InChI=1S/C14H20N2O3/c1-14(2,3)12(17)9-15-13(18)16-10-5-7-11(19-4)8-6-10/h5-8H,9H2,1-4H3,(H2,15,16,18). The molecule has 5 nitrogen and oxygen atoms in total. The number of hydrogen-bond acceptors (Lipinski definition) is 3. The fourth-order valence-corrected chi connectivity index (χ4v) is 1.28. The Morgan fingerprint density at radius 3 is 2.21 bits per heavy atom. The molecule has 0 spiro atoms. The van der Waals surface area contributed by atoms with Crippen LogP contribution in [0.25, 0.3) is 0 Å². The summed E-state index contributed by atoms with van der Waals surface area (Å²) in [6, 6.07) is 6.54. The maximum absolute atomic E-state index is 11.6. The SMILES string of the molecule is COc1ccc(NC(=O)NCC(=O)C(C)(C)C)cc1. The zero-order chi connectivity index (χ0) is 14.5. The van der Waals surface area contributed by atoms with Gasteiger partial charge in [0.05, 0.1) is 13.7 Å². The van der Waals surface area contributed by atoms with Crippen molar-refractivity contribution in [3.63, 3.8) is 0 Å². The van der Waals surface area contributed by atoms with Crippen molar-refractivity contribution < 1.29 is 14.3 Å². The Morgan fingerprint density at radius 1 is 1.16 bits per heavy atom. The van der Waals surface area contributed by atoms with Crippen LogP contribution in [0, 0.1) is 5.41 Å². The Kier molecular flexibility index (Phi) is 4.92. The van der Waals surface area contributed by atoms with E-state index in [2.05, 4.69) is 10.6 Å². The van der Waals surface area contributed by atoms with Crippen LogP contribution < -0.4 is 15.4 Å². The van der Waals surface area contributed by atoms with Gasteiger partial charge in [-0.05, 0) is 24.3 Å². The van der Waals surface area contributed by atoms with Crippen molar-refractivity contribution in [2.24, 2.45) is 5.41 Å². The molecule has 1 aromatic carbocycles. The van der Waals surface area contributed by atoms with E-state index in [1.807, 2.05) is 20.8 Å². The van der Waals surface area contributed by atoms with E-state index in [0.717, 1.165) is 0 Å². The van der Waals surface area contributed by atoms with Gasteiger partial charge in [0.25, 0.3) is 0 Å². The van der Waals surface area contributed by atoms with Crippen LogP contribution in [0.4, 0.5) is 10.5 Å². The molecule has 0 aliphatic carbocycles. The number of ketones is 1. The summed E-state index contributed by atoms with van der Waals surface area (Å²) in [6.45, 7) is 5.47. The van der Waals surface area contributed by atoms with Crippen molar-refractivity contribution in [3.8, 4) is 5.75 Å². The molecule has 0 aromatic heterocycles. The number of hydrogen-bond donors (Lipinski definition) is 2. The lowest BCUT2D eigenvalue weighted by atomic mass is 9.91. The Hall–Kier alpha value is -2.04. The molecular weight excluding hydrogens is 244 g/mol. The summed E-state index contributed by atoms with van der Waals surface area (Å²) in [7, 11) is 1.58. The minimum Gasteiger partial charge on any atom is -0.497 e. The summed E-state index contributed by atoms with van der Waals surface area (Å²) in [6.07, 6.45) is 0. The molecule has 0 heterocycles. The first-order valence-electron chi connectivity index (χ1n) is 6.05. The van der Waals surface area contributed by atoms with Gasteiger partial charge in [-0.2, -0.15) is 0 Å². The van der Waals surface area contributed by atoms with Gasteiger partial charge in [-0.3, -0.25) is 4.79 Å². The number of urea groups is 1. The van der Waals surface area contributed by atoms with Gasteiger partial charge < -0.3 is 15.4 Å². The second-order valence-electron chi connectivity index (χ2n) is 5.21. The minimum absolute atomic E-state index is 0.0163. The highest BCUT2D eigenvalue weighted by molar-refractivity contribution is 5.94. The van der Waals surface area contributed by atoms with Crippen LogP contribution >= 0.6 is 0 Å². The molecule has 0 atom stereocenters. The van der Waals surface area contributed by atoms with Gasteiger partial charge >= 0.3 is 6.03 Å². The third kappa shape index (κ3) is 4.99. The number of benzene rings is 1. The van der Waals surface area contributed by atoms with E-state index in [1.54, 1.807) is 31.4 Å². The number of nitrogens with one attached hydrogen (secondary N) is 2. The normalized spacial score (nSPS) is 10.7. The van der Waals surface area contributed by atoms with Crippen molar-refractivity contribution in [1.82, 2.24) is 5.32 Å². The fourth-order valence-electron chi connectivity index (χ4n) is 1.28. The molecule has 0 saturated carbocycles. The van der Waals surface area contributed by atoms with Gasteiger partial charge in [0.1, 0.15) is 5.75 Å². The average Bonchev–Trinajstić information content (AvgIpc) is 2.35. The van der Waals surface area contributed by atoms with Crippen molar-refractivity contribution in [3.05, 3.63) is 24.3 Å². The van der Waals surface area contributed by atoms with E-state index in [9.17, 15) is 9.59 Å². The van der Waals surface area contributed by atoms with E-state index < -0.39 is 11.4 Å². The Bertz CT molecular complexity index is 447. The van der Waals surface area contributed by atoms with Gasteiger partial charge in [-0.25, -0.2) is 4.79 Å². The second kappa shape index (κ2) is 6.22. The van der Waals surface area contributed by atoms with Gasteiger partial charge in [0.15, 0.2) is 5.78 Å². The molecular formula is C14H20N2O3. The Balaban J connectivity index is 2.45. The molecule has 0 radical (unpaired) electrons. The first kappa shape index (κ1) is 15.0. The van der Waals surface area contributed by atoms with Crippen LogP contribution in [0.5, 0.6) is 5.75 Å². The molecule has 0 unspecified atom stereocenters. The van der Waals surface area contributed by atoms with Crippen LogP contribution in [0.1, 0.15) is 20.8 Å². The molecule has 0 bridgehead atoms. The average molecular weight is 264 g/mol. The number of anilines is 1. The van der Waals surface area contributed by atoms with Crippen LogP contribution in [0.3, 0.4) is 0 Å². The smallest absolute Gasteiger partial charge is 0.319 e. The lowest BCUT2D eigenvalue weighted by Crippen LogP contribution is -2.37. The minimum atomic E-state index is -0.451. The number of carbonyl (C=O) groups is 2. The van der Waals surface area contributed by atoms with Gasteiger partial charge in [0.2, 0.25) is 0 Å². The van der Waals surface area contributed by atoms with Crippen molar-refractivity contribution in [2.75, 3.05) is 19.0 Å². The lowest BCUT2D eigenvalue weighted by molar-refractivity contribution is -0.125. The predicted molar refractivity (Wildman–Crippen MR) is 74.5 cm³/mol. The molecule has 19 heavy (non-hydrogen) atoms. The van der Waals surface area contributed by atoms with E-state index in [0.29, 0.717) is 11.4 Å². The molecule has 1 rings (SSSR count). The molecule has 2 N–H and O–H groups in total. The number of methoxy groups -OCH3 is 1. The Labute approximate surface area is 113 Å². The summed E-state index contributed by atoms with van der Waals surface area (Å²) in [4.78, 5) is 23.2. The summed E-state index contributed by atoms with van der Waals surface area (Å²) in [5, 5.41) is 5.18. The zero-order valence-electron chi connectivity index (χ0n) is 11.7. The first-order chi connectivity index (χ1) is 8.82. The molecule has 104 valence electrons. The molecule has 0 fully saturated rings. The number of amides is 2. The van der Waals surface area contributed by atoms with Gasteiger partial charge in [0, 0.05) is 11.1 Å². The molecule has 0 aliphatic heterocycles. The number of carbonyl (C=O) groups excluding carboxylic acids is 2. The van der Waals surface area contributed by atoms with E-state index in [4.69, 9.17) is 4.74 Å². The third-order valence-electron chi connectivity index (χ3n) is 2.59. The lowest BCUT2D eigenvalue weighted by Gasteiger charge is -2.16. The van der Waals surface area contributed by atoms with E-state index in [1.165, 1.54) is 0 Å². The monoisotopic (exact) mass is 264 g/mol. The molecule has 0 aliphatic rings. The third-order valence-corrected chi connectivity index (χ3v) is 2.59. The van der Waals surface area contributed by atoms with Crippen molar-refractivity contribution in [1.29, 1.82) is 0 Å². The summed E-state index contributed by atoms with van der Waals surface area (Å²) < 4.78 is 5.02. The van der Waals surface area contributed by atoms with Crippen LogP contribution in [-0.2, 0) is 4.79 Å². The van der Waals surface area contributed by atoms with Crippen molar-refractivity contribution in [2.45, 2.75) is 20.8 Å². The highest BCUT2D eigenvalue weighted by Crippen LogP contribution is 2.15. The maximum atomic E-state index is 11.6. The highest BCUT2D eigenvalue weighted by atomic mass is 16.5. The van der Waals surface area contributed by atoms with Crippen LogP contribution in [-0.4, -0.2) is 25.5 Å². The largest absolute Gasteiger partial charge is 0.497 e. The van der Waals surface area contributed by atoms with Crippen LogP contribution in [0.15, 0.2) is 24.3 Å². The zero-order valence-corrected chi connectivity index (χ0v) is 11.7. The topological polar surface area (TPSA) is 67.4 Å². The molecule has 5 heteroatoms. The van der Waals surface area contributed by atoms with Crippen molar-refractivity contribution >= 4 is 17.5 Å². The van der Waals surface area contributed by atoms with E-state index >= 15 is 0 Å². The second-order valence-corrected chi connectivity index (χ2v) is 5.21. The maximum Gasteiger partial charge on any atom is 0.319 e. The van der Waals surface area contributed by atoms with Gasteiger partial charge in [-0.1, -0.05) is 20.8 Å². The number of Topliss-reactive ketones (excluding diaryl/α,β-unsaturated/α-hetero) is 1. The van der Waals surface area contributed by atoms with E-state index in [-0.39, 0.29) is 12.3 Å². The number of ether oxygens (including phenoxy) is 1. The fraction of sp³-hybridized carbons (Fsp3) is 0.429.